The molecule has 0 amide bonds. The number of thioether (sulfide) groups is 2. The Kier molecular flexibility index (Phi) is 9.48. The van der Waals surface area contributed by atoms with Gasteiger partial charge >= 0.3 is 5.97 Å². The van der Waals surface area contributed by atoms with Gasteiger partial charge in [0.1, 0.15) is 0 Å². The molecule has 1 spiro atoms. The van der Waals surface area contributed by atoms with Crippen LogP contribution < -0.4 is 0 Å². The van der Waals surface area contributed by atoms with E-state index in [1.807, 2.05) is 36.4 Å². The standard InChI is InChI=1S/C30H40O4S2/c1-24-20-29(33-22-28(2,3)23-34-29)18-12-4-5-13-19-30(27(31)32-21-24,35-25-14-8-6-9-15-25)36-26-16-10-7-11-17-26/h6-11,14-17,24H,4-5,12-13,18-23H2,1-3H3/t24-/m1/s1. The van der Waals surface area contributed by atoms with Crippen molar-refractivity contribution < 1.29 is 19.0 Å². The quantitative estimate of drug-likeness (QED) is 0.296. The molecule has 2 saturated heterocycles. The molecule has 1 atom stereocenters. The number of carbonyl (C=O) groups excluding carboxylic acids is 1. The number of rotatable bonds is 4. The van der Waals surface area contributed by atoms with Gasteiger partial charge in [-0.25, -0.2) is 4.79 Å². The van der Waals surface area contributed by atoms with Crippen LogP contribution in [0, 0.1) is 11.3 Å². The molecular weight excluding hydrogens is 488 g/mol. The van der Waals surface area contributed by atoms with E-state index in [9.17, 15) is 4.79 Å². The number of cyclic esters (lactones) is 1. The fourth-order valence-electron chi connectivity index (χ4n) is 4.79. The lowest BCUT2D eigenvalue weighted by atomic mass is 9.90. The number of esters is 1. The van der Waals surface area contributed by atoms with E-state index in [1.165, 1.54) is 0 Å². The van der Waals surface area contributed by atoms with Crippen LogP contribution in [0.25, 0.3) is 0 Å². The molecular formula is C30H40O4S2. The molecule has 2 aromatic carbocycles. The Morgan fingerprint density at radius 2 is 1.31 bits per heavy atom. The van der Waals surface area contributed by atoms with E-state index in [1.54, 1.807) is 23.5 Å². The van der Waals surface area contributed by atoms with E-state index in [-0.39, 0.29) is 17.3 Å². The van der Waals surface area contributed by atoms with E-state index in [2.05, 4.69) is 45.0 Å². The van der Waals surface area contributed by atoms with E-state index in [4.69, 9.17) is 14.2 Å². The first-order valence-corrected chi connectivity index (χ1v) is 14.9. The molecule has 2 aliphatic rings. The summed E-state index contributed by atoms with van der Waals surface area (Å²) in [5, 5.41) is 0. The zero-order chi connectivity index (χ0) is 25.5. The summed E-state index contributed by atoms with van der Waals surface area (Å²) in [4.78, 5) is 16.1. The summed E-state index contributed by atoms with van der Waals surface area (Å²) in [6.07, 6.45) is 6.58. The third kappa shape index (κ3) is 7.53. The topological polar surface area (TPSA) is 44.8 Å². The van der Waals surface area contributed by atoms with Crippen LogP contribution in [0.4, 0.5) is 0 Å². The van der Waals surface area contributed by atoms with Crippen molar-refractivity contribution in [3.63, 3.8) is 0 Å². The summed E-state index contributed by atoms with van der Waals surface area (Å²) < 4.78 is 18.1. The van der Waals surface area contributed by atoms with Gasteiger partial charge in [-0.3, -0.25) is 0 Å². The third-order valence-corrected chi connectivity index (χ3v) is 9.70. The highest BCUT2D eigenvalue weighted by Crippen LogP contribution is 2.50. The van der Waals surface area contributed by atoms with E-state index in [0.29, 0.717) is 19.8 Å². The summed E-state index contributed by atoms with van der Waals surface area (Å²) in [7, 11) is 0. The molecule has 6 heteroatoms. The molecule has 0 saturated carbocycles. The molecule has 0 aromatic heterocycles. The zero-order valence-corrected chi connectivity index (χ0v) is 23.5. The highest BCUT2D eigenvalue weighted by atomic mass is 32.2. The van der Waals surface area contributed by atoms with Gasteiger partial charge in [0.2, 0.25) is 0 Å². The normalized spacial score (nSPS) is 24.6. The van der Waals surface area contributed by atoms with Crippen LogP contribution in [0.5, 0.6) is 0 Å². The van der Waals surface area contributed by atoms with Crippen molar-refractivity contribution >= 4 is 29.5 Å². The predicted molar refractivity (Wildman–Crippen MR) is 148 cm³/mol. The van der Waals surface area contributed by atoms with Gasteiger partial charge in [0, 0.05) is 28.0 Å². The Morgan fingerprint density at radius 1 is 0.778 bits per heavy atom. The molecule has 0 radical (unpaired) electrons. The molecule has 196 valence electrons. The van der Waals surface area contributed by atoms with Crippen molar-refractivity contribution in [1.82, 2.24) is 0 Å². The zero-order valence-electron chi connectivity index (χ0n) is 21.9. The molecule has 36 heavy (non-hydrogen) atoms. The minimum absolute atomic E-state index is 0.0328. The van der Waals surface area contributed by atoms with Crippen LogP contribution in [0.2, 0.25) is 0 Å². The maximum Gasteiger partial charge on any atom is 0.333 e. The first kappa shape index (κ1) is 27.6. The van der Waals surface area contributed by atoms with Gasteiger partial charge in [-0.2, -0.15) is 0 Å². The van der Waals surface area contributed by atoms with Crippen molar-refractivity contribution in [1.29, 1.82) is 0 Å². The Labute approximate surface area is 225 Å². The van der Waals surface area contributed by atoms with Crippen molar-refractivity contribution in [2.75, 3.05) is 19.8 Å². The molecule has 0 aliphatic carbocycles. The number of hydrogen-bond acceptors (Lipinski definition) is 6. The number of ether oxygens (including phenoxy) is 3. The van der Waals surface area contributed by atoms with Crippen molar-refractivity contribution in [2.45, 2.75) is 85.4 Å². The van der Waals surface area contributed by atoms with Crippen molar-refractivity contribution in [3.05, 3.63) is 60.7 Å². The molecule has 4 rings (SSSR count). The highest BCUT2D eigenvalue weighted by Gasteiger charge is 2.44. The lowest BCUT2D eigenvalue weighted by molar-refractivity contribution is -0.309. The van der Waals surface area contributed by atoms with Gasteiger partial charge in [0.25, 0.3) is 0 Å². The van der Waals surface area contributed by atoms with Crippen LogP contribution in [0.1, 0.15) is 65.7 Å². The van der Waals surface area contributed by atoms with Crippen LogP contribution in [-0.2, 0) is 19.0 Å². The van der Waals surface area contributed by atoms with Gasteiger partial charge in [0.05, 0.1) is 19.8 Å². The van der Waals surface area contributed by atoms with Gasteiger partial charge < -0.3 is 14.2 Å². The van der Waals surface area contributed by atoms with Gasteiger partial charge in [-0.05, 0) is 43.0 Å². The van der Waals surface area contributed by atoms with E-state index >= 15 is 0 Å². The largest absolute Gasteiger partial charge is 0.464 e. The Morgan fingerprint density at radius 3 is 1.86 bits per heavy atom. The maximum atomic E-state index is 13.9. The minimum atomic E-state index is -0.740. The smallest absolute Gasteiger partial charge is 0.333 e. The third-order valence-electron chi connectivity index (χ3n) is 6.79. The lowest BCUT2D eigenvalue weighted by Crippen LogP contribution is -2.48. The fourth-order valence-corrected chi connectivity index (χ4v) is 7.66. The van der Waals surface area contributed by atoms with Crippen molar-refractivity contribution in [3.8, 4) is 0 Å². The van der Waals surface area contributed by atoms with Gasteiger partial charge in [0.15, 0.2) is 9.87 Å². The molecule has 2 fully saturated rings. The van der Waals surface area contributed by atoms with Crippen molar-refractivity contribution in [2.24, 2.45) is 11.3 Å². The minimum Gasteiger partial charge on any atom is -0.464 e. The number of carbonyl (C=O) groups is 1. The molecule has 4 nitrogen and oxygen atoms in total. The summed E-state index contributed by atoms with van der Waals surface area (Å²) in [5.41, 5.74) is 0.0328. The molecule has 0 N–H and O–H groups in total. The molecule has 0 bridgehead atoms. The average molecular weight is 529 g/mol. The van der Waals surface area contributed by atoms with Crippen LogP contribution in [-0.4, -0.2) is 35.7 Å². The first-order valence-electron chi connectivity index (χ1n) is 13.2. The summed E-state index contributed by atoms with van der Waals surface area (Å²) in [6.45, 7) is 8.26. The second-order valence-corrected chi connectivity index (χ2v) is 14.1. The van der Waals surface area contributed by atoms with E-state index < -0.39 is 9.87 Å². The van der Waals surface area contributed by atoms with E-state index in [0.717, 1.165) is 54.7 Å². The van der Waals surface area contributed by atoms with Crippen LogP contribution in [0.3, 0.4) is 0 Å². The van der Waals surface area contributed by atoms with Crippen LogP contribution >= 0.6 is 23.5 Å². The van der Waals surface area contributed by atoms with Gasteiger partial charge in [-0.15, -0.1) is 0 Å². The predicted octanol–water partition coefficient (Wildman–Crippen LogP) is 7.96. The second-order valence-electron chi connectivity index (χ2n) is 11.1. The Hall–Kier alpha value is -1.47. The first-order chi connectivity index (χ1) is 17.3. The lowest BCUT2D eigenvalue weighted by Gasteiger charge is -2.44. The Bertz CT molecular complexity index is 912. The maximum absolute atomic E-state index is 13.9. The molecule has 2 aromatic rings. The van der Waals surface area contributed by atoms with Crippen LogP contribution in [0.15, 0.2) is 70.5 Å². The molecule has 2 heterocycles. The number of benzene rings is 2. The van der Waals surface area contributed by atoms with Gasteiger partial charge in [-0.1, -0.05) is 100.0 Å². The highest BCUT2D eigenvalue weighted by molar-refractivity contribution is 8.19. The average Bonchev–Trinajstić information content (AvgIpc) is 2.88. The fraction of sp³-hybridized carbons (Fsp3) is 0.567. The monoisotopic (exact) mass is 528 g/mol. The summed E-state index contributed by atoms with van der Waals surface area (Å²) >= 11 is 3.26. The molecule has 0 unspecified atom stereocenters. The SMILES string of the molecule is C[C@H]1COC(=O)C(Sc2ccccc2)(Sc2ccccc2)CCCCCCC2(C1)OCC(C)(C)CO2. The molecule has 2 aliphatic heterocycles. The number of hydrogen-bond donors (Lipinski definition) is 0. The Balaban J connectivity index is 1.56. The summed E-state index contributed by atoms with van der Waals surface area (Å²) in [5.74, 6) is -0.571. The second kappa shape index (κ2) is 12.4. The summed E-state index contributed by atoms with van der Waals surface area (Å²) in [6, 6.07) is 20.5.